The van der Waals surface area contributed by atoms with Crippen LogP contribution in [0.15, 0.2) is 30.5 Å². The standard InChI is InChI=1S/C17H18FNO/c1-11-13(18)5-4-6-14(11)19-8-7-12-15(19)9-17(2,3)10-16(12)20/h4-8H,9-10H2,1-3H3. The van der Waals surface area contributed by atoms with Crippen molar-refractivity contribution < 1.29 is 9.18 Å². The van der Waals surface area contributed by atoms with Gasteiger partial charge in [0.05, 0.1) is 5.69 Å². The van der Waals surface area contributed by atoms with Crippen molar-refractivity contribution in [1.29, 1.82) is 0 Å². The zero-order valence-electron chi connectivity index (χ0n) is 12.0. The van der Waals surface area contributed by atoms with Gasteiger partial charge in [-0.1, -0.05) is 19.9 Å². The lowest BCUT2D eigenvalue weighted by molar-refractivity contribution is 0.0911. The van der Waals surface area contributed by atoms with Gasteiger partial charge in [-0.15, -0.1) is 0 Å². The summed E-state index contributed by atoms with van der Waals surface area (Å²) in [7, 11) is 0. The maximum absolute atomic E-state index is 13.8. The molecular formula is C17H18FNO. The Kier molecular flexibility index (Phi) is 2.82. The minimum absolute atomic E-state index is 0.0403. The number of halogens is 1. The minimum Gasteiger partial charge on any atom is -0.320 e. The fourth-order valence-electron chi connectivity index (χ4n) is 3.03. The smallest absolute Gasteiger partial charge is 0.165 e. The Morgan fingerprint density at radius 2 is 1.95 bits per heavy atom. The largest absolute Gasteiger partial charge is 0.320 e. The Bertz CT molecular complexity index is 697. The molecule has 3 rings (SSSR count). The van der Waals surface area contributed by atoms with Gasteiger partial charge >= 0.3 is 0 Å². The van der Waals surface area contributed by atoms with Gasteiger partial charge in [0, 0.05) is 29.4 Å². The van der Waals surface area contributed by atoms with Gasteiger partial charge in [-0.3, -0.25) is 4.79 Å². The summed E-state index contributed by atoms with van der Waals surface area (Å²) in [6.45, 7) is 5.97. The molecule has 3 heteroatoms. The summed E-state index contributed by atoms with van der Waals surface area (Å²) in [5.74, 6) is -0.0320. The molecule has 104 valence electrons. The lowest BCUT2D eigenvalue weighted by atomic mass is 9.76. The van der Waals surface area contributed by atoms with Crippen LogP contribution in [-0.2, 0) is 6.42 Å². The summed E-state index contributed by atoms with van der Waals surface area (Å²) in [4.78, 5) is 12.2. The molecule has 1 aromatic heterocycles. The highest BCUT2D eigenvalue weighted by Gasteiger charge is 2.33. The summed E-state index contributed by atoms with van der Waals surface area (Å²) >= 11 is 0. The number of fused-ring (bicyclic) bond motifs is 1. The second-order valence-corrected chi connectivity index (χ2v) is 6.37. The third-order valence-electron chi connectivity index (χ3n) is 4.08. The van der Waals surface area contributed by atoms with Crippen LogP contribution in [-0.4, -0.2) is 10.4 Å². The summed E-state index contributed by atoms with van der Waals surface area (Å²) in [6.07, 6.45) is 3.29. The van der Waals surface area contributed by atoms with E-state index in [0.717, 1.165) is 23.4 Å². The van der Waals surface area contributed by atoms with Gasteiger partial charge in [0.25, 0.3) is 0 Å². The van der Waals surface area contributed by atoms with Crippen LogP contribution in [0.2, 0.25) is 0 Å². The van der Waals surface area contributed by atoms with Gasteiger partial charge in [0.15, 0.2) is 5.78 Å². The number of hydrogen-bond donors (Lipinski definition) is 0. The number of benzene rings is 1. The first kappa shape index (κ1) is 13.1. The van der Waals surface area contributed by atoms with Gasteiger partial charge < -0.3 is 4.57 Å². The highest BCUT2D eigenvalue weighted by Crippen LogP contribution is 2.36. The predicted molar refractivity (Wildman–Crippen MR) is 76.9 cm³/mol. The van der Waals surface area contributed by atoms with Crippen molar-refractivity contribution in [1.82, 2.24) is 4.57 Å². The van der Waals surface area contributed by atoms with E-state index < -0.39 is 0 Å². The zero-order chi connectivity index (χ0) is 14.5. The lowest BCUT2D eigenvalue weighted by Gasteiger charge is -2.30. The van der Waals surface area contributed by atoms with Crippen LogP contribution in [0.4, 0.5) is 4.39 Å². The SMILES string of the molecule is Cc1c(F)cccc1-n1ccc2c1CC(C)(C)CC2=O. The van der Waals surface area contributed by atoms with E-state index in [1.807, 2.05) is 22.9 Å². The number of hydrogen-bond acceptors (Lipinski definition) is 1. The van der Waals surface area contributed by atoms with Crippen LogP contribution in [0.5, 0.6) is 0 Å². The van der Waals surface area contributed by atoms with Crippen LogP contribution in [0.3, 0.4) is 0 Å². The fourth-order valence-corrected chi connectivity index (χ4v) is 3.03. The maximum atomic E-state index is 13.8. The predicted octanol–water partition coefficient (Wildman–Crippen LogP) is 4.08. The summed E-state index contributed by atoms with van der Waals surface area (Å²) in [5.41, 5.74) is 3.17. The van der Waals surface area contributed by atoms with E-state index in [-0.39, 0.29) is 17.0 Å². The number of rotatable bonds is 1. The van der Waals surface area contributed by atoms with Gasteiger partial charge in [-0.2, -0.15) is 0 Å². The van der Waals surface area contributed by atoms with Gasteiger partial charge in [-0.05, 0) is 37.0 Å². The van der Waals surface area contributed by atoms with Crippen molar-refractivity contribution in [2.45, 2.75) is 33.6 Å². The van der Waals surface area contributed by atoms with E-state index in [2.05, 4.69) is 13.8 Å². The Labute approximate surface area is 118 Å². The molecule has 0 saturated heterocycles. The molecule has 0 N–H and O–H groups in total. The molecular weight excluding hydrogens is 253 g/mol. The molecule has 0 bridgehead atoms. The van der Waals surface area contributed by atoms with E-state index in [9.17, 15) is 9.18 Å². The summed E-state index contributed by atoms with van der Waals surface area (Å²) < 4.78 is 15.7. The third kappa shape index (κ3) is 1.98. The first-order chi connectivity index (χ1) is 9.39. The highest BCUT2D eigenvalue weighted by atomic mass is 19.1. The molecule has 2 aromatic rings. The van der Waals surface area contributed by atoms with Crippen LogP contribution < -0.4 is 0 Å². The molecule has 0 unspecified atom stereocenters. The van der Waals surface area contributed by atoms with Crippen molar-refractivity contribution in [3.8, 4) is 5.69 Å². The Balaban J connectivity index is 2.19. The average Bonchev–Trinajstić information content (AvgIpc) is 2.75. The van der Waals surface area contributed by atoms with Crippen LogP contribution >= 0.6 is 0 Å². The normalized spacial score (nSPS) is 17.1. The molecule has 1 heterocycles. The number of Topliss-reactive ketones (excluding diaryl/α,β-unsaturated/α-hetero) is 1. The average molecular weight is 271 g/mol. The van der Waals surface area contributed by atoms with E-state index >= 15 is 0 Å². The molecule has 2 nitrogen and oxygen atoms in total. The zero-order valence-corrected chi connectivity index (χ0v) is 12.0. The van der Waals surface area contributed by atoms with Crippen molar-refractivity contribution in [2.75, 3.05) is 0 Å². The van der Waals surface area contributed by atoms with Crippen molar-refractivity contribution in [3.63, 3.8) is 0 Å². The molecule has 20 heavy (non-hydrogen) atoms. The second-order valence-electron chi connectivity index (χ2n) is 6.37. The first-order valence-electron chi connectivity index (χ1n) is 6.88. The molecule has 1 aliphatic carbocycles. The molecule has 0 fully saturated rings. The van der Waals surface area contributed by atoms with E-state index in [0.29, 0.717) is 12.0 Å². The molecule has 0 atom stereocenters. The quantitative estimate of drug-likeness (QED) is 0.766. The molecule has 0 amide bonds. The Hall–Kier alpha value is -1.90. The Morgan fingerprint density at radius 1 is 1.20 bits per heavy atom. The molecule has 1 aliphatic rings. The van der Waals surface area contributed by atoms with E-state index in [1.54, 1.807) is 13.0 Å². The summed E-state index contributed by atoms with van der Waals surface area (Å²) in [6, 6.07) is 6.92. The van der Waals surface area contributed by atoms with E-state index in [4.69, 9.17) is 0 Å². The number of nitrogens with zero attached hydrogens (tertiary/aromatic N) is 1. The van der Waals surface area contributed by atoms with Gasteiger partial charge in [-0.25, -0.2) is 4.39 Å². The van der Waals surface area contributed by atoms with Gasteiger partial charge in [0.1, 0.15) is 5.82 Å². The van der Waals surface area contributed by atoms with Crippen LogP contribution in [0.25, 0.3) is 5.69 Å². The molecule has 0 saturated carbocycles. The van der Waals surface area contributed by atoms with Crippen molar-refractivity contribution >= 4 is 5.78 Å². The third-order valence-corrected chi connectivity index (χ3v) is 4.08. The fraction of sp³-hybridized carbons (Fsp3) is 0.353. The highest BCUT2D eigenvalue weighted by molar-refractivity contribution is 5.99. The topological polar surface area (TPSA) is 22.0 Å². The monoisotopic (exact) mass is 271 g/mol. The number of ketones is 1. The Morgan fingerprint density at radius 3 is 2.70 bits per heavy atom. The summed E-state index contributed by atoms with van der Waals surface area (Å²) in [5, 5.41) is 0. The molecule has 1 aromatic carbocycles. The lowest BCUT2D eigenvalue weighted by Crippen LogP contribution is -2.27. The van der Waals surface area contributed by atoms with Crippen LogP contribution in [0.1, 0.15) is 41.9 Å². The maximum Gasteiger partial charge on any atom is 0.165 e. The van der Waals surface area contributed by atoms with Gasteiger partial charge in [0.2, 0.25) is 0 Å². The number of aromatic nitrogens is 1. The molecule has 0 aliphatic heterocycles. The second kappa shape index (κ2) is 4.30. The van der Waals surface area contributed by atoms with Crippen LogP contribution in [0, 0.1) is 18.2 Å². The molecule has 0 radical (unpaired) electrons. The molecule has 0 spiro atoms. The van der Waals surface area contributed by atoms with Crippen molar-refractivity contribution in [3.05, 3.63) is 53.1 Å². The van der Waals surface area contributed by atoms with Crippen molar-refractivity contribution in [2.24, 2.45) is 5.41 Å². The van der Waals surface area contributed by atoms with E-state index in [1.165, 1.54) is 6.07 Å². The number of carbonyl (C=O) groups excluding carboxylic acids is 1. The minimum atomic E-state index is -0.216. The first-order valence-corrected chi connectivity index (χ1v) is 6.88. The number of carbonyl (C=O) groups is 1.